The maximum Gasteiger partial charge on any atom is 0.280 e. The largest absolute Gasteiger partial charge is 0.280 e. The van der Waals surface area contributed by atoms with Crippen LogP contribution < -0.4 is 11.1 Å². The van der Waals surface area contributed by atoms with E-state index in [4.69, 9.17) is 0 Å². The molecule has 6 heteroatoms. The zero-order valence-corrected chi connectivity index (χ0v) is 15.8. The molecule has 1 aromatic rings. The van der Waals surface area contributed by atoms with Gasteiger partial charge in [-0.05, 0) is 11.0 Å². The highest BCUT2D eigenvalue weighted by molar-refractivity contribution is 8.93. The van der Waals surface area contributed by atoms with Crippen molar-refractivity contribution in [1.82, 2.24) is 9.97 Å². The summed E-state index contributed by atoms with van der Waals surface area (Å²) in [6.45, 7) is 6.40. The van der Waals surface area contributed by atoms with Gasteiger partial charge in [0.2, 0.25) is 0 Å². The predicted octanol–water partition coefficient (Wildman–Crippen LogP) is 2.92. The first-order chi connectivity index (χ1) is 9.38. The van der Waals surface area contributed by atoms with Gasteiger partial charge in [0.25, 0.3) is 11.1 Å². The molecule has 0 spiro atoms. The van der Waals surface area contributed by atoms with Crippen molar-refractivity contribution < 1.29 is 0 Å². The molecule has 22 heavy (non-hydrogen) atoms. The number of rotatable bonds is 1. The lowest BCUT2D eigenvalue weighted by atomic mass is 9.86. The average Bonchev–Trinajstić information content (AvgIpc) is 2.91. The van der Waals surface area contributed by atoms with Gasteiger partial charge < -0.3 is 0 Å². The van der Waals surface area contributed by atoms with Crippen LogP contribution in [0.1, 0.15) is 26.3 Å². The molecule has 3 rings (SSSR count). The molecule has 0 N–H and O–H groups in total. The molecule has 0 amide bonds. The van der Waals surface area contributed by atoms with Crippen LogP contribution in [0.5, 0.6) is 0 Å². The Bertz CT molecular complexity index is 919. The number of nitrogens with zero attached hydrogens (tertiary/aromatic N) is 2. The van der Waals surface area contributed by atoms with Crippen molar-refractivity contribution in [3.8, 4) is 11.3 Å². The highest BCUT2D eigenvalue weighted by Crippen LogP contribution is 2.25. The van der Waals surface area contributed by atoms with Gasteiger partial charge in [-0.15, -0.1) is 34.0 Å². The van der Waals surface area contributed by atoms with E-state index in [9.17, 15) is 9.59 Å². The van der Waals surface area contributed by atoms with Crippen molar-refractivity contribution in [3.05, 3.63) is 67.2 Å². The molecule has 0 saturated heterocycles. The van der Waals surface area contributed by atoms with E-state index < -0.39 is 0 Å². The Kier molecular flexibility index (Phi) is 5.41. The first kappa shape index (κ1) is 18.6. The second kappa shape index (κ2) is 6.38. The van der Waals surface area contributed by atoms with E-state index in [1.165, 1.54) is 11.8 Å². The van der Waals surface area contributed by atoms with Crippen LogP contribution in [-0.2, 0) is 5.41 Å². The molecule has 2 aliphatic heterocycles. The highest BCUT2D eigenvalue weighted by atomic mass is 79.9. The Balaban J connectivity index is 0.00000121. The van der Waals surface area contributed by atoms with Crippen LogP contribution in [0, 0.1) is 10.4 Å². The second-order valence-corrected chi connectivity index (χ2v) is 5.94. The molecule has 0 aromatic heterocycles. The summed E-state index contributed by atoms with van der Waals surface area (Å²) in [6.07, 6.45) is 1.31. The lowest BCUT2D eigenvalue weighted by molar-refractivity contribution is 0.590. The molecule has 4 nitrogen and oxygen atoms in total. The lowest BCUT2D eigenvalue weighted by Crippen LogP contribution is -2.10. The van der Waals surface area contributed by atoms with Gasteiger partial charge in [-0.3, -0.25) is 9.59 Å². The quantitative estimate of drug-likeness (QED) is 0.599. The van der Waals surface area contributed by atoms with E-state index in [1.54, 1.807) is 0 Å². The summed E-state index contributed by atoms with van der Waals surface area (Å²) in [4.78, 5) is 31.1. The molecule has 0 aliphatic carbocycles. The van der Waals surface area contributed by atoms with Crippen molar-refractivity contribution in [2.45, 2.75) is 26.2 Å². The minimum Gasteiger partial charge on any atom is -0.267 e. The molecule has 0 atom stereocenters. The SMILES string of the molecule is Br.Br.CC(C)(C)c1ccc(-c2nc(=O)c3cnc(=O)c2=3)cc1. The van der Waals surface area contributed by atoms with Gasteiger partial charge in [0.15, 0.2) is 0 Å². The standard InChI is InChI=1S/C16H14N2O2.2BrH/c1-16(2,3)10-6-4-9(5-7-10)13-12-11(14(19)18-13)8-17-15(12)20;;/h4-8H,1-3H3;2*1H. The first-order valence-electron chi connectivity index (χ1n) is 6.45. The molecule has 0 radical (unpaired) electrons. The van der Waals surface area contributed by atoms with E-state index in [0.717, 1.165) is 5.56 Å². The van der Waals surface area contributed by atoms with Gasteiger partial charge >= 0.3 is 0 Å². The normalized spacial score (nSPS) is 11.0. The summed E-state index contributed by atoms with van der Waals surface area (Å²) >= 11 is 0. The second-order valence-electron chi connectivity index (χ2n) is 5.94. The number of benzene rings is 1. The van der Waals surface area contributed by atoms with E-state index in [0.29, 0.717) is 16.1 Å². The van der Waals surface area contributed by atoms with Crippen LogP contribution in [0.25, 0.3) is 11.3 Å². The lowest BCUT2D eigenvalue weighted by Gasteiger charge is -2.18. The summed E-state index contributed by atoms with van der Waals surface area (Å²) in [7, 11) is 0. The van der Waals surface area contributed by atoms with Crippen LogP contribution in [0.4, 0.5) is 0 Å². The summed E-state index contributed by atoms with van der Waals surface area (Å²) in [5.41, 5.74) is 1.69. The van der Waals surface area contributed by atoms with Crippen LogP contribution in [-0.4, -0.2) is 9.97 Å². The minimum absolute atomic E-state index is 0. The highest BCUT2D eigenvalue weighted by Gasteiger charge is 2.16. The van der Waals surface area contributed by atoms with Gasteiger partial charge in [0.05, 0.1) is 16.1 Å². The number of hydrogen-bond acceptors (Lipinski definition) is 4. The summed E-state index contributed by atoms with van der Waals surface area (Å²) in [6, 6.07) is 7.80. The van der Waals surface area contributed by atoms with Gasteiger partial charge in [-0.25, -0.2) is 9.97 Å². The zero-order chi connectivity index (χ0) is 14.5. The van der Waals surface area contributed by atoms with Gasteiger partial charge in [0, 0.05) is 11.8 Å². The third-order valence-electron chi connectivity index (χ3n) is 3.50. The van der Waals surface area contributed by atoms with Crippen molar-refractivity contribution in [2.75, 3.05) is 0 Å². The monoisotopic (exact) mass is 426 g/mol. The molecule has 116 valence electrons. The first-order valence-corrected chi connectivity index (χ1v) is 6.45. The smallest absolute Gasteiger partial charge is 0.267 e. The fourth-order valence-electron chi connectivity index (χ4n) is 2.31. The predicted molar refractivity (Wildman–Crippen MR) is 97.0 cm³/mol. The summed E-state index contributed by atoms with van der Waals surface area (Å²) in [5.74, 6) is 0. The maximum atomic E-state index is 11.7. The molecular formula is C16H16Br2N2O2. The van der Waals surface area contributed by atoms with Crippen LogP contribution in [0.2, 0.25) is 0 Å². The third kappa shape index (κ3) is 3.03. The van der Waals surface area contributed by atoms with Crippen LogP contribution in [0.3, 0.4) is 0 Å². The number of aromatic nitrogens is 2. The van der Waals surface area contributed by atoms with Gasteiger partial charge in [0.1, 0.15) is 0 Å². The fourth-order valence-corrected chi connectivity index (χ4v) is 2.31. The maximum absolute atomic E-state index is 11.7. The Morgan fingerprint density at radius 3 is 2.05 bits per heavy atom. The van der Waals surface area contributed by atoms with E-state index in [2.05, 4.69) is 30.7 Å². The molecule has 1 aromatic carbocycles. The molecular weight excluding hydrogens is 412 g/mol. The Hall–Kier alpha value is -1.40. The topological polar surface area (TPSA) is 59.9 Å². The molecule has 0 unspecified atom stereocenters. The molecule has 2 heterocycles. The van der Waals surface area contributed by atoms with Crippen molar-refractivity contribution in [3.63, 3.8) is 0 Å². The minimum atomic E-state index is -0.385. The summed E-state index contributed by atoms with van der Waals surface area (Å²) < 4.78 is 0. The zero-order valence-electron chi connectivity index (χ0n) is 12.4. The van der Waals surface area contributed by atoms with Crippen LogP contribution >= 0.6 is 34.0 Å². The van der Waals surface area contributed by atoms with Gasteiger partial charge in [-0.2, -0.15) is 0 Å². The summed E-state index contributed by atoms with van der Waals surface area (Å²) in [5, 5.41) is 0.642. The van der Waals surface area contributed by atoms with Crippen molar-refractivity contribution in [2.24, 2.45) is 0 Å². The van der Waals surface area contributed by atoms with E-state index in [-0.39, 0.29) is 50.5 Å². The van der Waals surface area contributed by atoms with E-state index >= 15 is 0 Å². The average molecular weight is 428 g/mol. The molecule has 0 fully saturated rings. The van der Waals surface area contributed by atoms with Crippen molar-refractivity contribution in [1.29, 1.82) is 0 Å². The number of halogens is 2. The molecule has 2 aliphatic rings. The number of hydrogen-bond donors (Lipinski definition) is 0. The van der Waals surface area contributed by atoms with Crippen molar-refractivity contribution >= 4 is 34.0 Å². The Labute approximate surface area is 148 Å². The molecule has 0 bridgehead atoms. The molecule has 0 saturated carbocycles. The Morgan fingerprint density at radius 2 is 1.50 bits per heavy atom. The van der Waals surface area contributed by atoms with E-state index in [1.807, 2.05) is 24.3 Å². The fraction of sp³-hybridized carbons (Fsp3) is 0.250. The van der Waals surface area contributed by atoms with Gasteiger partial charge in [-0.1, -0.05) is 45.0 Å². The Morgan fingerprint density at radius 1 is 0.909 bits per heavy atom. The third-order valence-corrected chi connectivity index (χ3v) is 3.50. The van der Waals surface area contributed by atoms with Crippen LogP contribution in [0.15, 0.2) is 40.1 Å².